The summed E-state index contributed by atoms with van der Waals surface area (Å²) in [6.45, 7) is 4.61. The number of phosphoric ester groups is 1. The third kappa shape index (κ3) is 41.2. The number of rotatable bonds is 43. The minimum absolute atomic E-state index is 0.00159. The fraction of sp³-hybridized carbons (Fsp3) is 0.935. The van der Waals surface area contributed by atoms with Crippen LogP contribution in [0, 0.1) is 0 Å². The van der Waals surface area contributed by atoms with Crippen molar-refractivity contribution in [2.24, 2.45) is 0 Å². The molecule has 0 aromatic rings. The van der Waals surface area contributed by atoms with E-state index in [4.69, 9.17) is 9.05 Å². The molecule has 0 fully saturated rings. The van der Waals surface area contributed by atoms with E-state index in [0.717, 1.165) is 38.5 Å². The van der Waals surface area contributed by atoms with Crippen LogP contribution in [0.25, 0.3) is 0 Å². The number of phosphoric acid groups is 1. The number of unbranched alkanes of at least 4 members (excludes halogenated alkanes) is 30. The number of carbonyl (C=O) groups excluding carboxylic acids is 1. The largest absolute Gasteiger partial charge is 0.756 e. The summed E-state index contributed by atoms with van der Waals surface area (Å²) in [6.07, 6.45) is 44.4. The van der Waals surface area contributed by atoms with Gasteiger partial charge in [-0.15, -0.1) is 0 Å². The van der Waals surface area contributed by atoms with Crippen molar-refractivity contribution in [3.05, 3.63) is 12.2 Å². The first-order valence-electron chi connectivity index (χ1n) is 23.6. The van der Waals surface area contributed by atoms with E-state index in [-0.39, 0.29) is 19.1 Å². The van der Waals surface area contributed by atoms with Crippen molar-refractivity contribution >= 4 is 13.7 Å². The van der Waals surface area contributed by atoms with Gasteiger partial charge in [0.2, 0.25) is 5.91 Å². The molecule has 0 saturated carbocycles. The van der Waals surface area contributed by atoms with Gasteiger partial charge in [0.25, 0.3) is 7.82 Å². The number of carbonyl (C=O) groups is 1. The number of quaternary nitrogens is 1. The van der Waals surface area contributed by atoms with Crippen LogP contribution in [-0.4, -0.2) is 68.5 Å². The zero-order chi connectivity index (χ0) is 40.7. The first-order valence-corrected chi connectivity index (χ1v) is 25.0. The van der Waals surface area contributed by atoms with Gasteiger partial charge in [-0.05, 0) is 19.3 Å². The monoisotopic (exact) mass is 801 g/mol. The highest BCUT2D eigenvalue weighted by molar-refractivity contribution is 7.45. The summed E-state index contributed by atoms with van der Waals surface area (Å²) in [5.74, 6) is -0.202. The van der Waals surface area contributed by atoms with Gasteiger partial charge in [0, 0.05) is 6.42 Å². The van der Waals surface area contributed by atoms with Gasteiger partial charge in [0.05, 0.1) is 39.9 Å². The summed E-state index contributed by atoms with van der Waals surface area (Å²) >= 11 is 0. The Morgan fingerprint density at radius 2 is 0.982 bits per heavy atom. The average molecular weight is 801 g/mol. The molecule has 328 valence electrons. The fourth-order valence-corrected chi connectivity index (χ4v) is 7.70. The molecule has 0 aliphatic carbocycles. The Hall–Kier alpha value is -0.760. The van der Waals surface area contributed by atoms with E-state index in [1.54, 1.807) is 6.08 Å². The van der Waals surface area contributed by atoms with Gasteiger partial charge in [-0.3, -0.25) is 9.36 Å². The first kappa shape index (κ1) is 54.2. The van der Waals surface area contributed by atoms with E-state index in [9.17, 15) is 19.4 Å². The van der Waals surface area contributed by atoms with Crippen molar-refractivity contribution in [2.45, 2.75) is 238 Å². The maximum Gasteiger partial charge on any atom is 0.268 e. The number of amides is 1. The summed E-state index contributed by atoms with van der Waals surface area (Å²) in [5, 5.41) is 13.7. The predicted octanol–water partition coefficient (Wildman–Crippen LogP) is 12.5. The van der Waals surface area contributed by atoms with Gasteiger partial charge in [0.15, 0.2) is 0 Å². The lowest BCUT2D eigenvalue weighted by Crippen LogP contribution is -2.45. The Morgan fingerprint density at radius 1 is 0.618 bits per heavy atom. The molecule has 0 rings (SSSR count). The number of likely N-dealkylation sites (N-methyl/N-ethyl adjacent to an activating group) is 1. The Morgan fingerprint density at radius 3 is 1.36 bits per heavy atom. The zero-order valence-corrected chi connectivity index (χ0v) is 38.0. The summed E-state index contributed by atoms with van der Waals surface area (Å²) in [5.41, 5.74) is 0. The SMILES string of the molecule is CCCCCCCCCCCCCCCCCCCCCCCCCC/C=C/C(O)C(COP(=O)([O-])OCC[N+](C)(C)C)NC(=O)CCCCCCCCC. The molecule has 0 heterocycles. The minimum atomic E-state index is -4.57. The van der Waals surface area contributed by atoms with Gasteiger partial charge in [-0.25, -0.2) is 0 Å². The summed E-state index contributed by atoms with van der Waals surface area (Å²) in [6, 6.07) is -0.878. The molecule has 3 atom stereocenters. The van der Waals surface area contributed by atoms with Crippen LogP contribution < -0.4 is 10.2 Å². The quantitative estimate of drug-likeness (QED) is 0.0275. The van der Waals surface area contributed by atoms with E-state index >= 15 is 0 Å². The van der Waals surface area contributed by atoms with Gasteiger partial charge >= 0.3 is 0 Å². The first-order chi connectivity index (χ1) is 26.5. The Kier molecular flexibility index (Phi) is 38.2. The highest BCUT2D eigenvalue weighted by Crippen LogP contribution is 2.38. The van der Waals surface area contributed by atoms with Crippen LogP contribution >= 0.6 is 7.82 Å². The number of hydrogen-bond donors (Lipinski definition) is 2. The van der Waals surface area contributed by atoms with Crippen molar-refractivity contribution in [3.63, 3.8) is 0 Å². The second-order valence-corrected chi connectivity index (χ2v) is 18.9. The number of aliphatic hydroxyl groups is 1. The number of nitrogens with one attached hydrogen (secondary N) is 1. The molecule has 1 amide bonds. The van der Waals surface area contributed by atoms with Crippen LogP contribution in [0.1, 0.15) is 226 Å². The van der Waals surface area contributed by atoms with Crippen LogP contribution in [0.2, 0.25) is 0 Å². The molecule has 0 spiro atoms. The van der Waals surface area contributed by atoms with E-state index < -0.39 is 20.0 Å². The second kappa shape index (κ2) is 38.7. The van der Waals surface area contributed by atoms with Gasteiger partial charge < -0.3 is 28.8 Å². The molecule has 0 radical (unpaired) electrons. The normalized spacial score (nSPS) is 14.4. The molecule has 9 heteroatoms. The summed E-state index contributed by atoms with van der Waals surface area (Å²) in [7, 11) is 1.27. The molecular formula is C46H93N2O6P. The van der Waals surface area contributed by atoms with Crippen LogP contribution in [0.3, 0.4) is 0 Å². The van der Waals surface area contributed by atoms with E-state index in [1.807, 2.05) is 27.2 Å². The molecule has 0 aliphatic heterocycles. The van der Waals surface area contributed by atoms with Crippen LogP contribution in [0.4, 0.5) is 0 Å². The Bertz CT molecular complexity index is 911. The lowest BCUT2D eigenvalue weighted by molar-refractivity contribution is -0.870. The average Bonchev–Trinajstić information content (AvgIpc) is 3.13. The number of aliphatic hydroxyl groups excluding tert-OH is 1. The number of nitrogens with zero attached hydrogens (tertiary/aromatic N) is 1. The second-order valence-electron chi connectivity index (χ2n) is 17.5. The topological polar surface area (TPSA) is 108 Å². The molecule has 55 heavy (non-hydrogen) atoms. The molecule has 8 nitrogen and oxygen atoms in total. The smallest absolute Gasteiger partial charge is 0.268 e. The van der Waals surface area contributed by atoms with Gasteiger partial charge in [0.1, 0.15) is 13.2 Å². The van der Waals surface area contributed by atoms with Crippen molar-refractivity contribution in [3.8, 4) is 0 Å². The maximum absolute atomic E-state index is 12.7. The molecule has 0 aliphatic rings. The fourth-order valence-electron chi connectivity index (χ4n) is 6.98. The van der Waals surface area contributed by atoms with Crippen LogP contribution in [-0.2, 0) is 18.4 Å². The van der Waals surface area contributed by atoms with Crippen LogP contribution in [0.15, 0.2) is 12.2 Å². The summed E-state index contributed by atoms with van der Waals surface area (Å²) in [4.78, 5) is 25.1. The lowest BCUT2D eigenvalue weighted by atomic mass is 10.0. The Balaban J connectivity index is 4.08. The summed E-state index contributed by atoms with van der Waals surface area (Å²) < 4.78 is 23.1. The lowest BCUT2D eigenvalue weighted by Gasteiger charge is -2.29. The highest BCUT2D eigenvalue weighted by Gasteiger charge is 2.23. The Labute approximate surface area is 342 Å². The van der Waals surface area contributed by atoms with Gasteiger partial charge in [-0.2, -0.15) is 0 Å². The van der Waals surface area contributed by atoms with Crippen molar-refractivity contribution < 1.29 is 32.9 Å². The molecule has 0 aromatic heterocycles. The molecule has 0 bridgehead atoms. The van der Waals surface area contributed by atoms with E-state index in [0.29, 0.717) is 17.4 Å². The van der Waals surface area contributed by atoms with Crippen molar-refractivity contribution in [2.75, 3.05) is 40.9 Å². The number of allylic oxidation sites excluding steroid dienone is 1. The van der Waals surface area contributed by atoms with Crippen molar-refractivity contribution in [1.29, 1.82) is 0 Å². The minimum Gasteiger partial charge on any atom is -0.756 e. The van der Waals surface area contributed by atoms with Crippen molar-refractivity contribution in [1.82, 2.24) is 5.32 Å². The third-order valence-corrected chi connectivity index (χ3v) is 11.7. The maximum atomic E-state index is 12.7. The van der Waals surface area contributed by atoms with Crippen LogP contribution in [0.5, 0.6) is 0 Å². The molecule has 0 aromatic carbocycles. The van der Waals surface area contributed by atoms with Gasteiger partial charge in [-0.1, -0.05) is 212 Å². The van der Waals surface area contributed by atoms with E-state index in [2.05, 4.69) is 19.2 Å². The molecule has 3 unspecified atom stereocenters. The van der Waals surface area contributed by atoms with E-state index in [1.165, 1.54) is 167 Å². The third-order valence-electron chi connectivity index (χ3n) is 10.7. The zero-order valence-electron chi connectivity index (χ0n) is 37.1. The highest BCUT2D eigenvalue weighted by atomic mass is 31.2. The standard InChI is InChI=1S/C46H93N2O6P/c1-6-8-10-12-14-15-16-17-18-19-20-21-22-23-24-25-26-27-28-29-30-31-32-34-35-37-39-45(49)44(43-54-55(51,52)53-42-41-48(3,4)5)47-46(50)40-38-36-33-13-11-9-7-2/h37,39,44-45,49H,6-36,38,40-43H2,1-5H3,(H-,47,50,51,52)/b39-37+. The molecule has 0 saturated heterocycles. The predicted molar refractivity (Wildman–Crippen MR) is 233 cm³/mol. The molecular weight excluding hydrogens is 707 g/mol. The molecule has 2 N–H and O–H groups in total. The number of hydrogen-bond acceptors (Lipinski definition) is 6.